The minimum atomic E-state index is -4.63. The SMILES string of the molecule is C[C@@H]1COCCN1S(=O)(=O)c1cc(C(F)(F)F)ccc1Cl. The van der Waals surface area contributed by atoms with Gasteiger partial charge in [-0.15, -0.1) is 0 Å². The molecule has 0 saturated carbocycles. The van der Waals surface area contributed by atoms with Gasteiger partial charge >= 0.3 is 6.18 Å². The maximum absolute atomic E-state index is 12.7. The number of morpholine rings is 1. The quantitative estimate of drug-likeness (QED) is 0.829. The predicted molar refractivity (Wildman–Crippen MR) is 70.6 cm³/mol. The second-order valence-corrected chi connectivity index (χ2v) is 6.95. The summed E-state index contributed by atoms with van der Waals surface area (Å²) in [6.45, 7) is 2.09. The molecule has 9 heteroatoms. The van der Waals surface area contributed by atoms with E-state index in [-0.39, 0.29) is 24.8 Å². The molecule has 1 aromatic carbocycles. The number of halogens is 4. The fourth-order valence-electron chi connectivity index (χ4n) is 2.07. The van der Waals surface area contributed by atoms with Gasteiger partial charge in [-0.05, 0) is 25.1 Å². The standard InChI is InChI=1S/C12H13ClF3NO3S/c1-8-7-20-5-4-17(8)21(18,19)11-6-9(12(14,15)16)2-3-10(11)13/h2-3,6,8H,4-5,7H2,1H3/t8-/m1/s1. The molecule has 0 aromatic heterocycles. The van der Waals surface area contributed by atoms with Crippen molar-refractivity contribution in [2.45, 2.75) is 24.0 Å². The van der Waals surface area contributed by atoms with Crippen LogP contribution in [0.1, 0.15) is 12.5 Å². The molecule has 1 aliphatic heterocycles. The molecule has 1 heterocycles. The van der Waals surface area contributed by atoms with E-state index >= 15 is 0 Å². The summed E-state index contributed by atoms with van der Waals surface area (Å²) in [4.78, 5) is -0.534. The van der Waals surface area contributed by atoms with Gasteiger partial charge in [0.25, 0.3) is 0 Å². The van der Waals surface area contributed by atoms with Gasteiger partial charge in [0.1, 0.15) is 4.90 Å². The van der Waals surface area contributed by atoms with Crippen LogP contribution in [0, 0.1) is 0 Å². The van der Waals surface area contributed by atoms with E-state index in [1.54, 1.807) is 6.92 Å². The number of sulfonamides is 1. The third-order valence-electron chi connectivity index (χ3n) is 3.15. The van der Waals surface area contributed by atoms with Crippen molar-refractivity contribution in [3.05, 3.63) is 28.8 Å². The van der Waals surface area contributed by atoms with Crippen LogP contribution >= 0.6 is 11.6 Å². The average Bonchev–Trinajstić information content (AvgIpc) is 2.37. The number of hydrogen-bond donors (Lipinski definition) is 0. The van der Waals surface area contributed by atoms with E-state index in [0.29, 0.717) is 6.07 Å². The molecular weight excluding hydrogens is 331 g/mol. The zero-order valence-corrected chi connectivity index (χ0v) is 12.6. The van der Waals surface area contributed by atoms with Gasteiger partial charge in [0.05, 0.1) is 23.8 Å². The van der Waals surface area contributed by atoms with Gasteiger partial charge in [0.2, 0.25) is 10.0 Å². The van der Waals surface area contributed by atoms with Crippen LogP contribution in [-0.2, 0) is 20.9 Å². The summed E-state index contributed by atoms with van der Waals surface area (Å²) >= 11 is 5.79. The lowest BCUT2D eigenvalue weighted by Gasteiger charge is -2.32. The molecule has 0 spiro atoms. The van der Waals surface area contributed by atoms with Gasteiger partial charge in [0.15, 0.2) is 0 Å². The topological polar surface area (TPSA) is 46.6 Å². The molecule has 0 radical (unpaired) electrons. The maximum Gasteiger partial charge on any atom is 0.416 e. The van der Waals surface area contributed by atoms with Crippen LogP contribution in [0.4, 0.5) is 13.2 Å². The zero-order valence-electron chi connectivity index (χ0n) is 11.0. The highest BCUT2D eigenvalue weighted by atomic mass is 35.5. The monoisotopic (exact) mass is 343 g/mol. The molecule has 2 rings (SSSR count). The molecular formula is C12H13ClF3NO3S. The Bertz CT molecular complexity index is 633. The maximum atomic E-state index is 12.7. The van der Waals surface area contributed by atoms with Crippen molar-refractivity contribution in [1.29, 1.82) is 0 Å². The average molecular weight is 344 g/mol. The molecule has 1 aliphatic rings. The molecule has 1 fully saturated rings. The van der Waals surface area contributed by atoms with Gasteiger partial charge in [-0.1, -0.05) is 11.6 Å². The Morgan fingerprint density at radius 1 is 1.38 bits per heavy atom. The van der Waals surface area contributed by atoms with Crippen LogP contribution in [0.15, 0.2) is 23.1 Å². The highest BCUT2D eigenvalue weighted by Crippen LogP contribution is 2.34. The van der Waals surface area contributed by atoms with Crippen LogP contribution < -0.4 is 0 Å². The summed E-state index contributed by atoms with van der Waals surface area (Å²) in [5, 5.41) is -0.235. The van der Waals surface area contributed by atoms with Crippen LogP contribution in [-0.4, -0.2) is 38.5 Å². The summed E-state index contributed by atoms with van der Waals surface area (Å²) in [6, 6.07) is 1.81. The van der Waals surface area contributed by atoms with Crippen LogP contribution in [0.5, 0.6) is 0 Å². The smallest absolute Gasteiger partial charge is 0.378 e. The lowest BCUT2D eigenvalue weighted by molar-refractivity contribution is -0.137. The predicted octanol–water partition coefficient (Wildman–Crippen LogP) is 2.77. The number of hydrogen-bond acceptors (Lipinski definition) is 3. The van der Waals surface area contributed by atoms with Crippen molar-refractivity contribution in [3.63, 3.8) is 0 Å². The van der Waals surface area contributed by atoms with E-state index in [9.17, 15) is 21.6 Å². The summed E-state index contributed by atoms with van der Waals surface area (Å²) < 4.78 is 69.5. The summed E-state index contributed by atoms with van der Waals surface area (Å²) in [6.07, 6.45) is -4.63. The molecule has 0 amide bonds. The van der Waals surface area contributed by atoms with Crippen molar-refractivity contribution in [3.8, 4) is 0 Å². The molecule has 0 unspecified atom stereocenters. The second kappa shape index (κ2) is 5.75. The number of nitrogens with zero attached hydrogens (tertiary/aromatic N) is 1. The number of benzene rings is 1. The van der Waals surface area contributed by atoms with Crippen molar-refractivity contribution < 1.29 is 26.3 Å². The number of rotatable bonds is 2. The first-order valence-corrected chi connectivity index (χ1v) is 7.92. The molecule has 4 nitrogen and oxygen atoms in total. The highest BCUT2D eigenvalue weighted by molar-refractivity contribution is 7.89. The van der Waals surface area contributed by atoms with Crippen molar-refractivity contribution in [2.24, 2.45) is 0 Å². The minimum absolute atomic E-state index is 0.0794. The minimum Gasteiger partial charge on any atom is -0.378 e. The first-order chi connectivity index (χ1) is 9.64. The largest absolute Gasteiger partial charge is 0.416 e. The van der Waals surface area contributed by atoms with E-state index in [0.717, 1.165) is 16.4 Å². The van der Waals surface area contributed by atoms with E-state index in [4.69, 9.17) is 16.3 Å². The zero-order chi connectivity index (χ0) is 15.8. The van der Waals surface area contributed by atoms with E-state index in [2.05, 4.69) is 0 Å². The van der Waals surface area contributed by atoms with Crippen molar-refractivity contribution in [1.82, 2.24) is 4.31 Å². The van der Waals surface area contributed by atoms with Gasteiger partial charge in [0, 0.05) is 12.6 Å². The third kappa shape index (κ3) is 3.33. The van der Waals surface area contributed by atoms with Crippen molar-refractivity contribution in [2.75, 3.05) is 19.8 Å². The molecule has 118 valence electrons. The molecule has 21 heavy (non-hydrogen) atoms. The Balaban J connectivity index is 2.49. The summed E-state index contributed by atoms with van der Waals surface area (Å²) in [5.74, 6) is 0. The fourth-order valence-corrected chi connectivity index (χ4v) is 4.18. The Hall–Kier alpha value is -0.830. The van der Waals surface area contributed by atoms with Crippen molar-refractivity contribution >= 4 is 21.6 Å². The summed E-state index contributed by atoms with van der Waals surface area (Å²) in [5.41, 5.74) is -1.05. The van der Waals surface area contributed by atoms with E-state index < -0.39 is 32.7 Å². The highest BCUT2D eigenvalue weighted by Gasteiger charge is 2.36. The molecule has 1 saturated heterocycles. The number of ether oxygens (including phenoxy) is 1. The molecule has 0 N–H and O–H groups in total. The lowest BCUT2D eigenvalue weighted by atomic mass is 10.2. The fraction of sp³-hybridized carbons (Fsp3) is 0.500. The molecule has 0 bridgehead atoms. The van der Waals surface area contributed by atoms with Gasteiger partial charge < -0.3 is 4.74 Å². The first kappa shape index (κ1) is 16.5. The molecule has 0 aliphatic carbocycles. The Morgan fingerprint density at radius 3 is 2.62 bits per heavy atom. The molecule has 1 atom stereocenters. The normalized spacial score (nSPS) is 21.5. The van der Waals surface area contributed by atoms with E-state index in [1.807, 2.05) is 0 Å². The van der Waals surface area contributed by atoms with Gasteiger partial charge in [-0.25, -0.2) is 8.42 Å². The number of alkyl halides is 3. The van der Waals surface area contributed by atoms with Crippen LogP contribution in [0.2, 0.25) is 5.02 Å². The molecule has 1 aromatic rings. The van der Waals surface area contributed by atoms with Gasteiger partial charge in [-0.3, -0.25) is 0 Å². The van der Waals surface area contributed by atoms with Gasteiger partial charge in [-0.2, -0.15) is 17.5 Å². The lowest BCUT2D eigenvalue weighted by Crippen LogP contribution is -2.47. The first-order valence-electron chi connectivity index (χ1n) is 6.10. The second-order valence-electron chi connectivity index (χ2n) is 4.68. The van der Waals surface area contributed by atoms with Crippen LogP contribution in [0.25, 0.3) is 0 Å². The van der Waals surface area contributed by atoms with E-state index in [1.165, 1.54) is 0 Å². The van der Waals surface area contributed by atoms with Crippen LogP contribution in [0.3, 0.4) is 0 Å². The third-order valence-corrected chi connectivity index (χ3v) is 5.65. The summed E-state index contributed by atoms with van der Waals surface area (Å²) in [7, 11) is -4.10. The Labute approximate surface area is 125 Å². The Morgan fingerprint density at radius 2 is 2.05 bits per heavy atom. The Kier molecular flexibility index (Phi) is 4.53.